The molecule has 0 aromatic carbocycles. The van der Waals surface area contributed by atoms with Gasteiger partial charge in [0, 0.05) is 30.9 Å². The Morgan fingerprint density at radius 2 is 2.22 bits per heavy atom. The predicted octanol–water partition coefficient (Wildman–Crippen LogP) is 1.03. The zero-order valence-corrected chi connectivity index (χ0v) is 13.8. The first-order valence-corrected chi connectivity index (χ1v) is 7.88. The van der Waals surface area contributed by atoms with Gasteiger partial charge < -0.3 is 21.5 Å². The summed E-state index contributed by atoms with van der Waals surface area (Å²) in [4.78, 5) is 6.50. The summed E-state index contributed by atoms with van der Waals surface area (Å²) in [5, 5.41) is 17.7. The quantitative estimate of drug-likeness (QED) is 0.367. The predicted molar refractivity (Wildman–Crippen MR) is 92.2 cm³/mol. The molecule has 1 aromatic rings. The van der Waals surface area contributed by atoms with Gasteiger partial charge in [-0.3, -0.25) is 5.10 Å². The Morgan fingerprint density at radius 1 is 1.52 bits per heavy atom. The van der Waals surface area contributed by atoms with Crippen LogP contribution in [0.3, 0.4) is 0 Å². The van der Waals surface area contributed by atoms with Crippen molar-refractivity contribution in [2.24, 2.45) is 16.5 Å². The van der Waals surface area contributed by atoms with Gasteiger partial charge in [0.2, 0.25) is 0 Å². The van der Waals surface area contributed by atoms with Crippen molar-refractivity contribution in [1.29, 1.82) is 0 Å². The van der Waals surface area contributed by atoms with Crippen molar-refractivity contribution in [3.05, 3.63) is 35.7 Å². The lowest BCUT2D eigenvalue weighted by atomic mass is 9.79. The fraction of sp³-hybridized carbons (Fsp3) is 0.500. The zero-order chi connectivity index (χ0) is 16.9. The molecule has 126 valence electrons. The van der Waals surface area contributed by atoms with E-state index < -0.39 is 5.60 Å². The summed E-state index contributed by atoms with van der Waals surface area (Å²) < 4.78 is 0. The first-order valence-electron chi connectivity index (χ1n) is 7.88. The minimum absolute atomic E-state index is 0.267. The molecule has 0 amide bonds. The number of aliphatic imine (C=N–C) groups is 1. The minimum Gasteiger partial charge on any atom is -0.404 e. The van der Waals surface area contributed by atoms with Gasteiger partial charge in [-0.15, -0.1) is 0 Å². The SMILES string of the molecule is CC\C=C(C(=C/N)/C(N)=N/c1ccn[nH]1)\C1(O)CCN(C)CC1. The normalized spacial score (nSPS) is 20.7. The zero-order valence-electron chi connectivity index (χ0n) is 13.8. The first-order chi connectivity index (χ1) is 11.0. The van der Waals surface area contributed by atoms with Crippen LogP contribution >= 0.6 is 0 Å². The third-order valence-corrected chi connectivity index (χ3v) is 4.18. The van der Waals surface area contributed by atoms with Crippen LogP contribution in [-0.4, -0.2) is 51.8 Å². The van der Waals surface area contributed by atoms with Crippen molar-refractivity contribution in [1.82, 2.24) is 15.1 Å². The van der Waals surface area contributed by atoms with Crippen LogP contribution in [0.4, 0.5) is 5.82 Å². The molecule has 7 nitrogen and oxygen atoms in total. The number of amidine groups is 1. The molecule has 23 heavy (non-hydrogen) atoms. The maximum absolute atomic E-state index is 11.1. The summed E-state index contributed by atoms with van der Waals surface area (Å²) >= 11 is 0. The van der Waals surface area contributed by atoms with Crippen LogP contribution in [0.5, 0.6) is 0 Å². The third-order valence-electron chi connectivity index (χ3n) is 4.18. The number of aromatic nitrogens is 2. The maximum atomic E-state index is 11.1. The van der Waals surface area contributed by atoms with Crippen molar-refractivity contribution in [3.8, 4) is 0 Å². The average Bonchev–Trinajstić information content (AvgIpc) is 3.03. The molecule has 1 saturated heterocycles. The number of hydrogen-bond donors (Lipinski definition) is 4. The van der Waals surface area contributed by atoms with Gasteiger partial charge >= 0.3 is 0 Å². The van der Waals surface area contributed by atoms with Crippen molar-refractivity contribution in [3.63, 3.8) is 0 Å². The van der Waals surface area contributed by atoms with Gasteiger partial charge in [0.1, 0.15) is 11.7 Å². The molecular formula is C16H26N6O. The highest BCUT2D eigenvalue weighted by atomic mass is 16.3. The van der Waals surface area contributed by atoms with Crippen LogP contribution in [-0.2, 0) is 0 Å². The molecule has 0 atom stereocenters. The molecule has 1 aliphatic rings. The molecule has 0 radical (unpaired) electrons. The molecule has 2 rings (SSSR count). The largest absolute Gasteiger partial charge is 0.404 e. The van der Waals surface area contributed by atoms with Crippen LogP contribution in [0.1, 0.15) is 26.2 Å². The molecule has 0 aliphatic carbocycles. The van der Waals surface area contributed by atoms with Gasteiger partial charge in [-0.1, -0.05) is 13.0 Å². The summed E-state index contributed by atoms with van der Waals surface area (Å²) in [6.07, 6.45) is 7.08. The number of likely N-dealkylation sites (tertiary alicyclic amines) is 1. The number of nitrogens with two attached hydrogens (primary N) is 2. The van der Waals surface area contributed by atoms with E-state index in [4.69, 9.17) is 11.5 Å². The van der Waals surface area contributed by atoms with E-state index in [9.17, 15) is 5.11 Å². The number of nitrogens with one attached hydrogen (secondary N) is 1. The van der Waals surface area contributed by atoms with Gasteiger partial charge in [-0.25, -0.2) is 4.99 Å². The number of H-pyrrole nitrogens is 1. The number of aromatic amines is 1. The summed E-state index contributed by atoms with van der Waals surface area (Å²) in [5.41, 5.74) is 12.4. The van der Waals surface area contributed by atoms with E-state index in [1.54, 1.807) is 12.3 Å². The molecule has 0 bridgehead atoms. The molecule has 0 saturated carbocycles. The second-order valence-electron chi connectivity index (χ2n) is 5.88. The van der Waals surface area contributed by atoms with Gasteiger partial charge in [-0.2, -0.15) is 5.10 Å². The summed E-state index contributed by atoms with van der Waals surface area (Å²) in [6, 6.07) is 1.72. The smallest absolute Gasteiger partial charge is 0.150 e. The molecule has 1 aliphatic heterocycles. The lowest BCUT2D eigenvalue weighted by Crippen LogP contribution is -2.45. The van der Waals surface area contributed by atoms with E-state index in [1.165, 1.54) is 6.20 Å². The average molecular weight is 318 g/mol. The molecular weight excluding hydrogens is 292 g/mol. The number of aliphatic hydroxyl groups is 1. The molecule has 7 heteroatoms. The maximum Gasteiger partial charge on any atom is 0.150 e. The van der Waals surface area contributed by atoms with Gasteiger partial charge in [0.15, 0.2) is 0 Å². The van der Waals surface area contributed by atoms with Crippen LogP contribution in [0.2, 0.25) is 0 Å². The molecule has 0 unspecified atom stereocenters. The van der Waals surface area contributed by atoms with Crippen LogP contribution in [0.25, 0.3) is 0 Å². The summed E-state index contributed by atoms with van der Waals surface area (Å²) in [5.74, 6) is 0.817. The van der Waals surface area contributed by atoms with Gasteiger partial charge in [0.25, 0.3) is 0 Å². The molecule has 6 N–H and O–H groups in total. The highest BCUT2D eigenvalue weighted by molar-refractivity contribution is 6.02. The Kier molecular flexibility index (Phi) is 5.57. The van der Waals surface area contributed by atoms with Crippen molar-refractivity contribution < 1.29 is 5.11 Å². The van der Waals surface area contributed by atoms with E-state index in [1.807, 2.05) is 13.0 Å². The second-order valence-corrected chi connectivity index (χ2v) is 5.88. The van der Waals surface area contributed by atoms with Crippen LogP contribution < -0.4 is 11.5 Å². The van der Waals surface area contributed by atoms with Gasteiger partial charge in [-0.05, 0) is 31.9 Å². The van der Waals surface area contributed by atoms with E-state index in [2.05, 4.69) is 27.1 Å². The fourth-order valence-corrected chi connectivity index (χ4v) is 2.83. The fourth-order valence-electron chi connectivity index (χ4n) is 2.83. The van der Waals surface area contributed by atoms with Crippen LogP contribution in [0, 0.1) is 0 Å². The number of nitrogens with zero attached hydrogens (tertiary/aromatic N) is 3. The monoisotopic (exact) mass is 318 g/mol. The Bertz CT molecular complexity index is 594. The number of hydrogen-bond acceptors (Lipinski definition) is 5. The molecule has 0 spiro atoms. The summed E-state index contributed by atoms with van der Waals surface area (Å²) in [7, 11) is 2.05. The lowest BCUT2D eigenvalue weighted by molar-refractivity contribution is 0.0184. The Labute approximate surface area is 136 Å². The lowest BCUT2D eigenvalue weighted by Gasteiger charge is -2.39. The second kappa shape index (κ2) is 7.43. The highest BCUT2D eigenvalue weighted by Crippen LogP contribution is 2.34. The minimum atomic E-state index is -0.929. The Morgan fingerprint density at radius 3 is 2.74 bits per heavy atom. The Hall–Kier alpha value is -2.12. The van der Waals surface area contributed by atoms with Crippen molar-refractivity contribution in [2.75, 3.05) is 20.1 Å². The Balaban J connectivity index is 2.33. The standard InChI is InChI=1S/C16H26N6O/c1-3-4-13(16(23)6-9-22(2)10-7-16)12(11-17)15(18)20-14-5-8-19-21-14/h4-5,8,11,23H,3,6-7,9-10,17H2,1-2H3,(H3,18,19,20,21)/b12-11-,13-4+. The van der Waals surface area contributed by atoms with E-state index in [0.29, 0.717) is 24.2 Å². The summed E-state index contributed by atoms with van der Waals surface area (Å²) in [6.45, 7) is 3.68. The number of piperidine rings is 1. The highest BCUT2D eigenvalue weighted by Gasteiger charge is 2.37. The number of allylic oxidation sites excluding steroid dienone is 1. The van der Waals surface area contributed by atoms with Crippen molar-refractivity contribution >= 4 is 11.7 Å². The molecule has 1 fully saturated rings. The van der Waals surface area contributed by atoms with Crippen LogP contribution in [0.15, 0.2) is 40.7 Å². The topological polar surface area (TPSA) is 117 Å². The van der Waals surface area contributed by atoms with Gasteiger partial charge in [0.05, 0.1) is 11.8 Å². The molecule has 1 aromatic heterocycles. The first kappa shape index (κ1) is 17.2. The van der Waals surface area contributed by atoms with E-state index in [-0.39, 0.29) is 5.84 Å². The number of rotatable bonds is 5. The van der Waals surface area contributed by atoms with Crippen molar-refractivity contribution in [2.45, 2.75) is 31.8 Å². The van der Waals surface area contributed by atoms with E-state index >= 15 is 0 Å². The molecule has 2 heterocycles. The van der Waals surface area contributed by atoms with E-state index in [0.717, 1.165) is 25.1 Å². The third kappa shape index (κ3) is 4.00.